The normalized spacial score (nSPS) is 14.5. The summed E-state index contributed by atoms with van der Waals surface area (Å²) >= 11 is 0. The van der Waals surface area contributed by atoms with E-state index in [1.807, 2.05) is 0 Å². The Morgan fingerprint density at radius 2 is 1.83 bits per heavy atom. The first-order valence-electron chi connectivity index (χ1n) is 7.29. The third-order valence-corrected chi connectivity index (χ3v) is 3.63. The Balaban J connectivity index is 1.91. The smallest absolute Gasteiger partial charge is 0.255 e. The lowest BCUT2D eigenvalue weighted by molar-refractivity contribution is 0.102. The molecule has 24 heavy (non-hydrogen) atoms. The summed E-state index contributed by atoms with van der Waals surface area (Å²) in [5.74, 6) is -3.54. The number of hydrogen-bond donors (Lipinski definition) is 1. The molecule has 2 heterocycles. The van der Waals surface area contributed by atoms with Crippen LogP contribution in [-0.2, 0) is 4.74 Å². The van der Waals surface area contributed by atoms with Crippen LogP contribution in [0.4, 0.5) is 24.5 Å². The van der Waals surface area contributed by atoms with Crippen LogP contribution in [0.15, 0.2) is 30.5 Å². The van der Waals surface area contributed by atoms with E-state index in [-0.39, 0.29) is 11.3 Å². The van der Waals surface area contributed by atoms with Crippen molar-refractivity contribution >= 4 is 17.3 Å². The van der Waals surface area contributed by atoms with E-state index in [2.05, 4.69) is 10.3 Å². The maximum absolute atomic E-state index is 13.6. The Hall–Kier alpha value is -2.61. The minimum Gasteiger partial charge on any atom is -0.378 e. The molecule has 1 aromatic heterocycles. The second-order valence-electron chi connectivity index (χ2n) is 5.20. The number of carbonyl (C=O) groups is 1. The number of carbonyl (C=O) groups excluding carboxylic acids is 1. The summed E-state index contributed by atoms with van der Waals surface area (Å²) in [6.07, 6.45) is 1.15. The number of rotatable bonds is 3. The molecule has 1 aliphatic heterocycles. The number of benzene rings is 1. The number of anilines is 2. The number of halogens is 3. The van der Waals surface area contributed by atoms with E-state index in [9.17, 15) is 18.0 Å². The summed E-state index contributed by atoms with van der Waals surface area (Å²) in [7, 11) is 0. The second kappa shape index (κ2) is 6.88. The van der Waals surface area contributed by atoms with E-state index in [1.54, 1.807) is 4.90 Å². The molecule has 1 saturated heterocycles. The predicted octanol–water partition coefficient (Wildman–Crippen LogP) is 2.59. The molecule has 1 amide bonds. The van der Waals surface area contributed by atoms with Crippen molar-refractivity contribution in [3.05, 3.63) is 53.6 Å². The molecule has 1 N–H and O–H groups in total. The first-order valence-corrected chi connectivity index (χ1v) is 7.29. The molecule has 3 rings (SSSR count). The van der Waals surface area contributed by atoms with E-state index in [0.29, 0.717) is 32.0 Å². The Bertz CT molecular complexity index is 764. The van der Waals surface area contributed by atoms with Gasteiger partial charge in [0.15, 0.2) is 11.6 Å². The number of aromatic nitrogens is 1. The Kier molecular flexibility index (Phi) is 4.66. The monoisotopic (exact) mass is 337 g/mol. The zero-order valence-electron chi connectivity index (χ0n) is 12.6. The molecule has 0 radical (unpaired) electrons. The molecule has 1 aromatic carbocycles. The van der Waals surface area contributed by atoms with Gasteiger partial charge in [0.05, 0.1) is 24.6 Å². The lowest BCUT2D eigenvalue weighted by Crippen LogP contribution is -2.37. The fourth-order valence-electron chi connectivity index (χ4n) is 2.44. The molecule has 0 aliphatic carbocycles. The zero-order chi connectivity index (χ0) is 17.1. The predicted molar refractivity (Wildman–Crippen MR) is 81.5 cm³/mol. The Morgan fingerprint density at radius 3 is 2.54 bits per heavy atom. The van der Waals surface area contributed by atoms with Crippen LogP contribution < -0.4 is 10.2 Å². The third kappa shape index (κ3) is 3.48. The summed E-state index contributed by atoms with van der Waals surface area (Å²) in [5.41, 5.74) is 0.484. The minimum absolute atomic E-state index is 0.0279. The van der Waals surface area contributed by atoms with E-state index >= 15 is 0 Å². The number of nitrogens with zero attached hydrogens (tertiary/aromatic N) is 2. The van der Waals surface area contributed by atoms with Gasteiger partial charge in [-0.1, -0.05) is 0 Å². The van der Waals surface area contributed by atoms with Crippen LogP contribution in [0.3, 0.4) is 0 Å². The van der Waals surface area contributed by atoms with Crippen LogP contribution in [0, 0.1) is 17.6 Å². The fourth-order valence-corrected chi connectivity index (χ4v) is 2.44. The quantitative estimate of drug-likeness (QED) is 0.875. The Morgan fingerprint density at radius 1 is 1.12 bits per heavy atom. The van der Waals surface area contributed by atoms with Gasteiger partial charge in [-0.05, 0) is 6.07 Å². The molecule has 0 unspecified atom stereocenters. The zero-order valence-corrected chi connectivity index (χ0v) is 12.6. The summed E-state index contributed by atoms with van der Waals surface area (Å²) in [6.45, 7) is 1.86. The molecular weight excluding hydrogens is 323 g/mol. The maximum Gasteiger partial charge on any atom is 0.255 e. The fraction of sp³-hybridized carbons (Fsp3) is 0.250. The van der Waals surface area contributed by atoms with Gasteiger partial charge in [-0.15, -0.1) is 0 Å². The molecule has 5 nitrogen and oxygen atoms in total. The number of hydrogen-bond acceptors (Lipinski definition) is 4. The standard InChI is InChI=1S/C16H14F3N3O2/c17-11-8-13(21-16(23)10-1-2-20-15(19)7-10)14(9-12(11)18)22-3-5-24-6-4-22/h1-2,7-9H,3-6H2,(H,21,23). The van der Waals surface area contributed by atoms with Crippen molar-refractivity contribution in [1.29, 1.82) is 0 Å². The first-order chi connectivity index (χ1) is 11.5. The topological polar surface area (TPSA) is 54.5 Å². The second-order valence-corrected chi connectivity index (χ2v) is 5.20. The van der Waals surface area contributed by atoms with Crippen molar-refractivity contribution in [2.45, 2.75) is 0 Å². The van der Waals surface area contributed by atoms with Crippen molar-refractivity contribution < 1.29 is 22.7 Å². The van der Waals surface area contributed by atoms with Crippen LogP contribution in [0.2, 0.25) is 0 Å². The van der Waals surface area contributed by atoms with Crippen molar-refractivity contribution in [3.63, 3.8) is 0 Å². The van der Waals surface area contributed by atoms with E-state index in [1.165, 1.54) is 6.07 Å². The van der Waals surface area contributed by atoms with Gasteiger partial charge in [0.2, 0.25) is 5.95 Å². The lowest BCUT2D eigenvalue weighted by atomic mass is 10.2. The van der Waals surface area contributed by atoms with Crippen molar-refractivity contribution in [3.8, 4) is 0 Å². The van der Waals surface area contributed by atoms with E-state index < -0.39 is 23.5 Å². The number of nitrogens with one attached hydrogen (secondary N) is 1. The Labute approximate surface area is 136 Å². The highest BCUT2D eigenvalue weighted by Crippen LogP contribution is 2.30. The van der Waals surface area contributed by atoms with Gasteiger partial charge in [0, 0.05) is 43.0 Å². The minimum atomic E-state index is -1.08. The largest absolute Gasteiger partial charge is 0.378 e. The van der Waals surface area contributed by atoms with Gasteiger partial charge in [-0.25, -0.2) is 13.8 Å². The molecule has 0 saturated carbocycles. The van der Waals surface area contributed by atoms with Crippen molar-refractivity contribution in [2.24, 2.45) is 0 Å². The third-order valence-electron chi connectivity index (χ3n) is 3.63. The highest BCUT2D eigenvalue weighted by atomic mass is 19.2. The molecule has 8 heteroatoms. The van der Waals surface area contributed by atoms with Crippen LogP contribution in [0.1, 0.15) is 10.4 Å². The molecule has 2 aromatic rings. The molecular formula is C16H14F3N3O2. The van der Waals surface area contributed by atoms with Crippen molar-refractivity contribution in [2.75, 3.05) is 36.5 Å². The van der Waals surface area contributed by atoms with Gasteiger partial charge in [0.25, 0.3) is 5.91 Å². The van der Waals surface area contributed by atoms with Crippen molar-refractivity contribution in [1.82, 2.24) is 4.98 Å². The average Bonchev–Trinajstić information content (AvgIpc) is 2.58. The van der Waals surface area contributed by atoms with Crippen LogP contribution in [-0.4, -0.2) is 37.2 Å². The maximum atomic E-state index is 13.6. The number of ether oxygens (including phenoxy) is 1. The molecule has 0 atom stereocenters. The number of pyridine rings is 1. The van der Waals surface area contributed by atoms with Gasteiger partial charge in [-0.2, -0.15) is 4.39 Å². The summed E-state index contributed by atoms with van der Waals surface area (Å²) in [4.78, 5) is 17.4. The number of morpholine rings is 1. The SMILES string of the molecule is O=C(Nc1cc(F)c(F)cc1N1CCOCC1)c1ccnc(F)c1. The van der Waals surface area contributed by atoms with Gasteiger partial charge in [-0.3, -0.25) is 4.79 Å². The molecule has 126 valence electrons. The van der Waals surface area contributed by atoms with Gasteiger partial charge in [0.1, 0.15) is 0 Å². The summed E-state index contributed by atoms with van der Waals surface area (Å²) < 4.78 is 45.6. The van der Waals surface area contributed by atoms with E-state index in [4.69, 9.17) is 4.74 Å². The van der Waals surface area contributed by atoms with Crippen LogP contribution in [0.25, 0.3) is 0 Å². The average molecular weight is 337 g/mol. The molecule has 0 spiro atoms. The van der Waals surface area contributed by atoms with Crippen LogP contribution >= 0.6 is 0 Å². The number of amides is 1. The highest BCUT2D eigenvalue weighted by molar-refractivity contribution is 6.05. The summed E-state index contributed by atoms with van der Waals surface area (Å²) in [5, 5.41) is 2.50. The van der Waals surface area contributed by atoms with Gasteiger partial charge >= 0.3 is 0 Å². The van der Waals surface area contributed by atoms with Crippen LogP contribution in [0.5, 0.6) is 0 Å². The molecule has 1 fully saturated rings. The molecule has 0 bridgehead atoms. The first kappa shape index (κ1) is 16.3. The lowest BCUT2D eigenvalue weighted by Gasteiger charge is -2.30. The molecule has 1 aliphatic rings. The van der Waals surface area contributed by atoms with E-state index in [0.717, 1.165) is 24.4 Å². The summed E-state index contributed by atoms with van der Waals surface area (Å²) in [6, 6.07) is 4.23. The van der Waals surface area contributed by atoms with Gasteiger partial charge < -0.3 is 15.0 Å². The highest BCUT2D eigenvalue weighted by Gasteiger charge is 2.20.